The first kappa shape index (κ1) is 21.2. The maximum Gasteiger partial charge on any atom is 0.244 e. The van der Waals surface area contributed by atoms with Crippen molar-refractivity contribution in [1.29, 1.82) is 0 Å². The van der Waals surface area contributed by atoms with Gasteiger partial charge in [0.15, 0.2) is 5.00 Å². The minimum atomic E-state index is -4.43. The van der Waals surface area contributed by atoms with Crippen LogP contribution in [0.25, 0.3) is 10.9 Å². The summed E-state index contributed by atoms with van der Waals surface area (Å²) in [5.41, 5.74) is -0.161. The highest BCUT2D eigenvalue weighted by Gasteiger charge is 2.44. The van der Waals surface area contributed by atoms with Crippen molar-refractivity contribution in [2.45, 2.75) is 16.0 Å². The molecule has 4 N–H and O–H groups in total. The van der Waals surface area contributed by atoms with Gasteiger partial charge in [-0.1, -0.05) is 29.8 Å². The number of nitrogens with one attached hydrogen (secondary N) is 2. The molecule has 3 aromatic rings. The number of fused-ring (bicyclic) bond motifs is 1. The van der Waals surface area contributed by atoms with Crippen molar-refractivity contribution in [2.75, 3.05) is 6.61 Å². The summed E-state index contributed by atoms with van der Waals surface area (Å²) in [5, 5.41) is 19.8. The van der Waals surface area contributed by atoms with Crippen LogP contribution in [0.5, 0.6) is 0 Å². The molecule has 0 saturated carbocycles. The zero-order chi connectivity index (χ0) is 20.7. The Kier molecular flexibility index (Phi) is 5.81. The van der Waals surface area contributed by atoms with E-state index in [-0.39, 0.29) is 9.37 Å². The van der Waals surface area contributed by atoms with E-state index >= 15 is 0 Å². The largest absolute Gasteiger partial charge is 0.394 e. The van der Waals surface area contributed by atoms with Crippen molar-refractivity contribution >= 4 is 48.5 Å². The lowest BCUT2D eigenvalue weighted by atomic mass is 10.0. The molecule has 0 aliphatic carbocycles. The molecule has 3 rings (SSSR count). The summed E-state index contributed by atoms with van der Waals surface area (Å²) in [6.45, 7) is -1.02. The van der Waals surface area contributed by atoms with E-state index in [1.54, 1.807) is 24.3 Å². The number of para-hydroxylation sites is 1. The number of sulfonamides is 1. The standard InChI is InChI=1S/C17H14BrClF2N2O4S/c18-11-6-12(20)10(5-13(11)21)17(19,16(25)8-24)23-28(26,27)15-7-22-14-4-2-1-3-9(14)15/h1-7,16,22-25H,8H2. The molecule has 0 radical (unpaired) electrons. The molecule has 1 heterocycles. The molecule has 11 heteroatoms. The van der Waals surface area contributed by atoms with Gasteiger partial charge in [-0.15, -0.1) is 0 Å². The van der Waals surface area contributed by atoms with E-state index in [1.165, 1.54) is 6.20 Å². The molecule has 0 spiro atoms. The maximum atomic E-state index is 14.5. The van der Waals surface area contributed by atoms with Gasteiger partial charge in [0.2, 0.25) is 10.0 Å². The predicted octanol–water partition coefficient (Wildman–Crippen LogP) is 2.93. The van der Waals surface area contributed by atoms with Crippen LogP contribution < -0.4 is 4.72 Å². The van der Waals surface area contributed by atoms with Crippen LogP contribution in [0.15, 0.2) is 52.0 Å². The molecule has 0 amide bonds. The SMILES string of the molecule is O=S(=O)(NC(Cl)(c1cc(F)c(Br)cc1F)C(O)CO)c1c[nH]c2ccccc12. The van der Waals surface area contributed by atoms with Gasteiger partial charge in [-0.05, 0) is 34.1 Å². The van der Waals surface area contributed by atoms with Crippen molar-refractivity contribution in [3.63, 3.8) is 0 Å². The quantitative estimate of drug-likeness (QED) is 0.240. The number of aromatic amines is 1. The molecular weight excluding hydrogens is 482 g/mol. The summed E-state index contributed by atoms with van der Waals surface area (Å²) >= 11 is 9.07. The van der Waals surface area contributed by atoms with Crippen LogP contribution in [0.2, 0.25) is 0 Å². The molecule has 2 unspecified atom stereocenters. The lowest BCUT2D eigenvalue weighted by Crippen LogP contribution is -2.51. The number of hydrogen-bond acceptors (Lipinski definition) is 4. The first-order valence-electron chi connectivity index (χ1n) is 7.83. The molecule has 0 bridgehead atoms. The van der Waals surface area contributed by atoms with Crippen LogP contribution in [0.4, 0.5) is 8.78 Å². The van der Waals surface area contributed by atoms with Gasteiger partial charge in [0, 0.05) is 22.7 Å². The van der Waals surface area contributed by atoms with E-state index < -0.39 is 44.9 Å². The van der Waals surface area contributed by atoms with Gasteiger partial charge in [-0.25, -0.2) is 17.2 Å². The molecule has 0 aliphatic rings. The summed E-state index contributed by atoms with van der Waals surface area (Å²) in [4.78, 5) is -0.00707. The minimum Gasteiger partial charge on any atom is -0.394 e. The van der Waals surface area contributed by atoms with Crippen LogP contribution in [0.3, 0.4) is 0 Å². The lowest BCUT2D eigenvalue weighted by molar-refractivity contribution is 0.0529. The van der Waals surface area contributed by atoms with E-state index in [0.29, 0.717) is 17.0 Å². The van der Waals surface area contributed by atoms with Crippen molar-refractivity contribution in [1.82, 2.24) is 9.71 Å². The van der Waals surface area contributed by atoms with E-state index in [2.05, 4.69) is 20.9 Å². The van der Waals surface area contributed by atoms with E-state index in [9.17, 15) is 27.4 Å². The fourth-order valence-corrected chi connectivity index (χ4v) is 5.01. The first-order chi connectivity index (χ1) is 13.1. The molecule has 0 aliphatic heterocycles. The number of alkyl halides is 1. The number of rotatable bonds is 6. The molecule has 6 nitrogen and oxygen atoms in total. The summed E-state index contributed by atoms with van der Waals surface area (Å²) in [6.07, 6.45) is -0.780. The average Bonchev–Trinajstić information content (AvgIpc) is 3.08. The predicted molar refractivity (Wildman–Crippen MR) is 103 cm³/mol. The molecule has 0 saturated heterocycles. The number of benzene rings is 2. The highest BCUT2D eigenvalue weighted by atomic mass is 79.9. The second kappa shape index (κ2) is 7.69. The zero-order valence-electron chi connectivity index (χ0n) is 14.0. The van der Waals surface area contributed by atoms with Gasteiger partial charge in [0.1, 0.15) is 22.6 Å². The summed E-state index contributed by atoms with van der Waals surface area (Å²) in [5.74, 6) is -2.02. The van der Waals surface area contributed by atoms with E-state index in [0.717, 1.165) is 6.07 Å². The van der Waals surface area contributed by atoms with Crippen LogP contribution in [-0.4, -0.2) is 36.3 Å². The van der Waals surface area contributed by atoms with Gasteiger partial charge >= 0.3 is 0 Å². The van der Waals surface area contributed by atoms with Crippen molar-refractivity contribution in [2.24, 2.45) is 0 Å². The first-order valence-corrected chi connectivity index (χ1v) is 10.5. The number of halogens is 4. The Bertz CT molecular complexity index is 1140. The Morgan fingerprint density at radius 3 is 2.61 bits per heavy atom. The molecule has 1 aromatic heterocycles. The van der Waals surface area contributed by atoms with E-state index in [4.69, 9.17) is 11.6 Å². The number of aliphatic hydroxyl groups is 2. The average molecular weight is 496 g/mol. The summed E-state index contributed by atoms with van der Waals surface area (Å²) in [6, 6.07) is 7.89. The molecule has 2 aromatic carbocycles. The lowest BCUT2D eigenvalue weighted by Gasteiger charge is -2.32. The monoisotopic (exact) mass is 494 g/mol. The third kappa shape index (κ3) is 3.68. The van der Waals surface area contributed by atoms with Crippen molar-refractivity contribution in [3.8, 4) is 0 Å². The van der Waals surface area contributed by atoms with Gasteiger partial charge in [-0.3, -0.25) is 0 Å². The smallest absolute Gasteiger partial charge is 0.244 e. The molecular formula is C17H14BrClF2N2O4S. The van der Waals surface area contributed by atoms with Gasteiger partial charge in [-0.2, -0.15) is 4.72 Å². The Morgan fingerprint density at radius 1 is 1.25 bits per heavy atom. The number of aliphatic hydroxyl groups excluding tert-OH is 2. The molecule has 150 valence electrons. The summed E-state index contributed by atoms with van der Waals surface area (Å²) in [7, 11) is -4.43. The number of aromatic nitrogens is 1. The van der Waals surface area contributed by atoms with Crippen molar-refractivity contribution in [3.05, 3.63) is 64.3 Å². The Labute approximate surface area is 172 Å². The highest BCUT2D eigenvalue weighted by Crippen LogP contribution is 2.36. The summed E-state index contributed by atoms with van der Waals surface area (Å²) < 4.78 is 56.1. The molecule has 0 fully saturated rings. The normalized spacial score (nSPS) is 15.5. The van der Waals surface area contributed by atoms with Crippen LogP contribution in [0, 0.1) is 11.6 Å². The number of H-pyrrole nitrogens is 1. The number of hydrogen-bond donors (Lipinski definition) is 4. The fourth-order valence-electron chi connectivity index (χ4n) is 2.75. The van der Waals surface area contributed by atoms with E-state index in [1.807, 2.05) is 4.72 Å². The third-order valence-corrected chi connectivity index (χ3v) is 6.93. The van der Waals surface area contributed by atoms with Crippen LogP contribution >= 0.6 is 27.5 Å². The van der Waals surface area contributed by atoms with Crippen LogP contribution in [0.1, 0.15) is 5.56 Å². The highest BCUT2D eigenvalue weighted by molar-refractivity contribution is 9.10. The minimum absolute atomic E-state index is 0.212. The Balaban J connectivity index is 2.14. The zero-order valence-corrected chi connectivity index (χ0v) is 17.1. The van der Waals surface area contributed by atoms with Gasteiger partial charge in [0.25, 0.3) is 0 Å². The third-order valence-electron chi connectivity index (χ3n) is 4.16. The van der Waals surface area contributed by atoms with Crippen molar-refractivity contribution < 1.29 is 27.4 Å². The Hall–Kier alpha value is -1.56. The van der Waals surface area contributed by atoms with Gasteiger partial charge in [0.05, 0.1) is 11.1 Å². The molecule has 28 heavy (non-hydrogen) atoms. The topological polar surface area (TPSA) is 102 Å². The van der Waals surface area contributed by atoms with Crippen LogP contribution in [-0.2, 0) is 15.0 Å². The second-order valence-corrected chi connectivity index (χ2v) is 9.06. The fraction of sp³-hybridized carbons (Fsp3) is 0.176. The Morgan fingerprint density at radius 2 is 1.93 bits per heavy atom. The maximum absolute atomic E-state index is 14.5. The second-order valence-electron chi connectivity index (χ2n) is 5.96. The molecule has 2 atom stereocenters. The van der Waals surface area contributed by atoms with Gasteiger partial charge < -0.3 is 15.2 Å².